The highest BCUT2D eigenvalue weighted by Gasteiger charge is 2.15. The van der Waals surface area contributed by atoms with Crippen LogP contribution in [0.15, 0.2) is 23.9 Å². The van der Waals surface area contributed by atoms with Crippen LogP contribution in [0.4, 0.5) is 4.79 Å². The number of ether oxygens (including phenoxy) is 1. The van der Waals surface area contributed by atoms with Gasteiger partial charge in [0.05, 0.1) is 0 Å². The minimum atomic E-state index is -0.469. The van der Waals surface area contributed by atoms with E-state index in [-0.39, 0.29) is 0 Å². The number of allylic oxidation sites excluding steroid dienone is 2. The number of rotatable bonds is 5. The predicted octanol–water partition coefficient (Wildman–Crippen LogP) is 1.86. The van der Waals surface area contributed by atoms with Gasteiger partial charge in [-0.25, -0.2) is 4.79 Å². The van der Waals surface area contributed by atoms with Crippen LogP contribution in [0.2, 0.25) is 0 Å². The molecular weight excluding hydrogens is 244 g/mol. The van der Waals surface area contributed by atoms with Crippen molar-refractivity contribution in [3.8, 4) is 0 Å². The van der Waals surface area contributed by atoms with Crippen molar-refractivity contribution in [2.75, 3.05) is 19.6 Å². The van der Waals surface area contributed by atoms with Gasteiger partial charge in [-0.2, -0.15) is 0 Å². The summed E-state index contributed by atoms with van der Waals surface area (Å²) >= 11 is 0. The molecule has 0 aliphatic carbocycles. The Labute approximate surface area is 114 Å². The molecule has 0 spiro atoms. The second kappa shape index (κ2) is 6.97. The minimum Gasteiger partial charge on any atom is -0.444 e. The van der Waals surface area contributed by atoms with E-state index in [2.05, 4.69) is 5.32 Å². The molecule has 5 nitrogen and oxygen atoms in total. The lowest BCUT2D eigenvalue weighted by Gasteiger charge is -2.22. The van der Waals surface area contributed by atoms with E-state index < -0.39 is 11.7 Å². The van der Waals surface area contributed by atoms with E-state index in [1.54, 1.807) is 0 Å². The Hall–Kier alpha value is -1.78. The van der Waals surface area contributed by atoms with E-state index in [4.69, 9.17) is 4.74 Å². The zero-order valence-electron chi connectivity index (χ0n) is 11.8. The van der Waals surface area contributed by atoms with Crippen LogP contribution >= 0.6 is 0 Å². The quantitative estimate of drug-likeness (QED) is 0.609. The van der Waals surface area contributed by atoms with Crippen molar-refractivity contribution in [2.45, 2.75) is 32.8 Å². The van der Waals surface area contributed by atoms with Crippen LogP contribution in [-0.2, 0) is 9.53 Å². The number of amides is 1. The topological polar surface area (TPSA) is 58.6 Å². The number of nitrogens with zero attached hydrogens (tertiary/aromatic N) is 1. The van der Waals surface area contributed by atoms with Crippen LogP contribution in [-0.4, -0.2) is 42.5 Å². The molecule has 19 heavy (non-hydrogen) atoms. The summed E-state index contributed by atoms with van der Waals surface area (Å²) in [4.78, 5) is 24.1. The van der Waals surface area contributed by atoms with E-state index >= 15 is 0 Å². The maximum atomic E-state index is 11.4. The molecule has 0 fully saturated rings. The third kappa shape index (κ3) is 6.64. The average Bonchev–Trinajstić information content (AvgIpc) is 2.33. The van der Waals surface area contributed by atoms with Crippen molar-refractivity contribution in [2.24, 2.45) is 0 Å². The SMILES string of the molecule is CC(C)(C)OC(=O)NCCCN1C=C(C=O)C=CC1. The molecule has 0 atom stereocenters. The number of carbonyl (C=O) groups excluding carboxylic acids is 2. The van der Waals surface area contributed by atoms with Gasteiger partial charge in [0.25, 0.3) is 0 Å². The normalized spacial score (nSPS) is 14.9. The van der Waals surface area contributed by atoms with E-state index in [0.29, 0.717) is 12.1 Å². The summed E-state index contributed by atoms with van der Waals surface area (Å²) in [6.07, 6.45) is 6.83. The lowest BCUT2D eigenvalue weighted by molar-refractivity contribution is -0.104. The number of carbonyl (C=O) groups is 2. The Bertz CT molecular complexity index is 381. The number of hydrogen-bond acceptors (Lipinski definition) is 4. The van der Waals surface area contributed by atoms with Crippen molar-refractivity contribution in [1.29, 1.82) is 0 Å². The molecule has 5 heteroatoms. The molecule has 0 bridgehead atoms. The fraction of sp³-hybridized carbons (Fsp3) is 0.571. The molecule has 106 valence electrons. The lowest BCUT2D eigenvalue weighted by atomic mass is 10.2. The Morgan fingerprint density at radius 3 is 2.89 bits per heavy atom. The van der Waals surface area contributed by atoms with E-state index in [0.717, 1.165) is 25.8 Å². The van der Waals surface area contributed by atoms with Crippen LogP contribution < -0.4 is 5.32 Å². The molecule has 1 aliphatic heterocycles. The van der Waals surface area contributed by atoms with Gasteiger partial charge in [0.2, 0.25) is 0 Å². The summed E-state index contributed by atoms with van der Waals surface area (Å²) in [5, 5.41) is 2.71. The van der Waals surface area contributed by atoms with Gasteiger partial charge in [0.1, 0.15) is 5.60 Å². The molecule has 0 saturated heterocycles. The molecular formula is C14H22N2O3. The summed E-state index contributed by atoms with van der Waals surface area (Å²) in [6.45, 7) is 7.63. The van der Waals surface area contributed by atoms with Gasteiger partial charge in [-0.3, -0.25) is 4.79 Å². The first-order valence-corrected chi connectivity index (χ1v) is 6.45. The van der Waals surface area contributed by atoms with Crippen LogP contribution in [0.25, 0.3) is 0 Å². The molecule has 0 radical (unpaired) electrons. The van der Waals surface area contributed by atoms with Gasteiger partial charge < -0.3 is 15.0 Å². The standard InChI is InChI=1S/C14H22N2O3/c1-14(2,3)19-13(18)15-7-5-9-16-8-4-6-12(10-16)11-17/h4,6,10-11H,5,7-9H2,1-3H3,(H,15,18). The molecule has 1 amide bonds. The first kappa shape index (κ1) is 15.3. The van der Waals surface area contributed by atoms with Crippen molar-refractivity contribution in [1.82, 2.24) is 10.2 Å². The fourth-order valence-electron chi connectivity index (χ4n) is 1.64. The number of alkyl carbamates (subject to hydrolysis) is 1. The Morgan fingerprint density at radius 1 is 1.53 bits per heavy atom. The van der Waals surface area contributed by atoms with E-state index in [1.165, 1.54) is 0 Å². The highest BCUT2D eigenvalue weighted by atomic mass is 16.6. The summed E-state index contributed by atoms with van der Waals surface area (Å²) in [5.41, 5.74) is 0.204. The summed E-state index contributed by atoms with van der Waals surface area (Å²) in [5.74, 6) is 0. The van der Waals surface area contributed by atoms with Gasteiger partial charge in [0.15, 0.2) is 6.29 Å². The van der Waals surface area contributed by atoms with Crippen molar-refractivity contribution >= 4 is 12.4 Å². The molecule has 0 aromatic rings. The number of aldehydes is 1. The minimum absolute atomic E-state index is 0.393. The Balaban J connectivity index is 2.18. The maximum absolute atomic E-state index is 11.4. The smallest absolute Gasteiger partial charge is 0.407 e. The summed E-state index contributed by atoms with van der Waals surface area (Å²) in [6, 6.07) is 0. The molecule has 0 aromatic heterocycles. The molecule has 0 aromatic carbocycles. The fourth-order valence-corrected chi connectivity index (χ4v) is 1.64. The third-order valence-electron chi connectivity index (χ3n) is 2.41. The largest absolute Gasteiger partial charge is 0.444 e. The molecule has 1 heterocycles. The highest BCUT2D eigenvalue weighted by molar-refractivity contribution is 5.77. The monoisotopic (exact) mass is 266 g/mol. The van der Waals surface area contributed by atoms with Crippen molar-refractivity contribution in [3.05, 3.63) is 23.9 Å². The zero-order valence-corrected chi connectivity index (χ0v) is 11.8. The summed E-state index contributed by atoms with van der Waals surface area (Å²) in [7, 11) is 0. The third-order valence-corrected chi connectivity index (χ3v) is 2.41. The van der Waals surface area contributed by atoms with Crippen LogP contribution in [0.1, 0.15) is 27.2 Å². The molecule has 1 aliphatic rings. The second-order valence-corrected chi connectivity index (χ2v) is 5.43. The Morgan fingerprint density at radius 2 is 2.26 bits per heavy atom. The first-order chi connectivity index (χ1) is 8.90. The molecule has 1 rings (SSSR count). The van der Waals surface area contributed by atoms with Gasteiger partial charge in [-0.15, -0.1) is 0 Å². The van der Waals surface area contributed by atoms with E-state index in [9.17, 15) is 9.59 Å². The van der Waals surface area contributed by atoms with Crippen LogP contribution in [0.5, 0.6) is 0 Å². The molecule has 1 N–H and O–H groups in total. The van der Waals surface area contributed by atoms with Crippen LogP contribution in [0.3, 0.4) is 0 Å². The van der Waals surface area contributed by atoms with Gasteiger partial charge in [0, 0.05) is 31.4 Å². The molecule has 0 saturated carbocycles. The summed E-state index contributed by atoms with van der Waals surface area (Å²) < 4.78 is 5.13. The maximum Gasteiger partial charge on any atom is 0.407 e. The van der Waals surface area contributed by atoms with Gasteiger partial charge in [-0.1, -0.05) is 12.2 Å². The van der Waals surface area contributed by atoms with Crippen molar-refractivity contribution < 1.29 is 14.3 Å². The average molecular weight is 266 g/mol. The van der Waals surface area contributed by atoms with Gasteiger partial charge in [-0.05, 0) is 27.2 Å². The predicted molar refractivity (Wildman–Crippen MR) is 73.7 cm³/mol. The lowest BCUT2D eigenvalue weighted by Crippen LogP contribution is -2.34. The zero-order chi connectivity index (χ0) is 14.3. The number of hydrogen-bond donors (Lipinski definition) is 1. The van der Waals surface area contributed by atoms with Crippen molar-refractivity contribution in [3.63, 3.8) is 0 Å². The van der Waals surface area contributed by atoms with E-state index in [1.807, 2.05) is 44.0 Å². The Kier molecular flexibility index (Phi) is 5.60. The van der Waals surface area contributed by atoms with Crippen LogP contribution in [0, 0.1) is 0 Å². The first-order valence-electron chi connectivity index (χ1n) is 6.45. The number of nitrogens with one attached hydrogen (secondary N) is 1. The highest BCUT2D eigenvalue weighted by Crippen LogP contribution is 2.07. The molecule has 0 unspecified atom stereocenters. The second-order valence-electron chi connectivity index (χ2n) is 5.43. The van der Waals surface area contributed by atoms with Gasteiger partial charge >= 0.3 is 6.09 Å².